The van der Waals surface area contributed by atoms with E-state index in [-0.39, 0.29) is 5.82 Å². The number of carbonyl (C=O) groups is 1. The Bertz CT molecular complexity index is 871. The van der Waals surface area contributed by atoms with Crippen molar-refractivity contribution in [2.45, 2.75) is 18.8 Å². The second-order valence-electron chi connectivity index (χ2n) is 5.32. The molecule has 4 rings (SSSR count). The Balaban J connectivity index is 1.77. The molecular formula is C15H12FN5O. The summed E-state index contributed by atoms with van der Waals surface area (Å²) in [7, 11) is 0. The van der Waals surface area contributed by atoms with Gasteiger partial charge in [-0.3, -0.25) is 9.89 Å². The first-order valence-corrected chi connectivity index (χ1v) is 6.98. The number of hydrogen-bond acceptors (Lipinski definition) is 5. The molecule has 2 N–H and O–H groups in total. The lowest BCUT2D eigenvalue weighted by molar-refractivity contribution is 0.111. The minimum Gasteiger partial charge on any atom is -0.323 e. The number of anilines is 2. The van der Waals surface area contributed by atoms with E-state index in [1.807, 2.05) is 6.07 Å². The fourth-order valence-electron chi connectivity index (χ4n) is 2.39. The highest BCUT2D eigenvalue weighted by molar-refractivity contribution is 5.92. The maximum atomic E-state index is 13.5. The molecule has 1 aromatic carbocycles. The van der Waals surface area contributed by atoms with Crippen molar-refractivity contribution in [1.82, 2.24) is 20.2 Å². The number of carbonyl (C=O) groups excluding carboxylic acids is 1. The number of aromatic nitrogens is 4. The Labute approximate surface area is 124 Å². The van der Waals surface area contributed by atoms with Gasteiger partial charge in [0.25, 0.3) is 0 Å². The summed E-state index contributed by atoms with van der Waals surface area (Å²) in [5.74, 6) is 1.15. The average Bonchev–Trinajstić information content (AvgIpc) is 3.27. The number of benzene rings is 1. The van der Waals surface area contributed by atoms with Crippen LogP contribution in [-0.2, 0) is 0 Å². The van der Waals surface area contributed by atoms with Crippen LogP contribution in [0.25, 0.3) is 10.9 Å². The van der Waals surface area contributed by atoms with Gasteiger partial charge >= 0.3 is 0 Å². The zero-order chi connectivity index (χ0) is 15.1. The third-order valence-electron chi connectivity index (χ3n) is 3.64. The van der Waals surface area contributed by atoms with Crippen LogP contribution in [0.3, 0.4) is 0 Å². The molecule has 1 aliphatic carbocycles. The van der Waals surface area contributed by atoms with Gasteiger partial charge in [0, 0.05) is 23.1 Å². The number of nitrogens with zero attached hydrogens (tertiary/aromatic N) is 3. The van der Waals surface area contributed by atoms with Gasteiger partial charge < -0.3 is 5.32 Å². The fourth-order valence-corrected chi connectivity index (χ4v) is 2.39. The van der Waals surface area contributed by atoms with E-state index >= 15 is 0 Å². The van der Waals surface area contributed by atoms with Crippen LogP contribution in [0, 0.1) is 5.82 Å². The zero-order valence-electron chi connectivity index (χ0n) is 11.5. The Morgan fingerprint density at radius 2 is 2.14 bits per heavy atom. The highest BCUT2D eigenvalue weighted by atomic mass is 19.1. The van der Waals surface area contributed by atoms with Gasteiger partial charge in [-0.2, -0.15) is 5.10 Å². The summed E-state index contributed by atoms with van der Waals surface area (Å²) < 4.78 is 13.5. The Morgan fingerprint density at radius 3 is 2.91 bits per heavy atom. The first-order valence-electron chi connectivity index (χ1n) is 6.98. The highest BCUT2D eigenvalue weighted by Gasteiger charge is 2.25. The number of hydrogen-bond donors (Lipinski definition) is 2. The Morgan fingerprint density at radius 1 is 1.27 bits per heavy atom. The molecule has 22 heavy (non-hydrogen) atoms. The van der Waals surface area contributed by atoms with Crippen molar-refractivity contribution in [3.63, 3.8) is 0 Å². The van der Waals surface area contributed by atoms with Crippen molar-refractivity contribution in [3.8, 4) is 0 Å². The molecule has 1 aliphatic rings. The number of fused-ring (bicyclic) bond motifs is 1. The quantitative estimate of drug-likeness (QED) is 0.723. The largest absolute Gasteiger partial charge is 0.323 e. The number of aromatic amines is 1. The standard InChI is InChI=1S/C15H12FN5O/c16-9-3-4-11-10(5-9)15(19-14(7-22)17-11)18-13-6-12(20-21-13)8-1-2-8/h3-8H,1-2H2,(H2,17,18,19,20,21). The molecule has 0 bridgehead atoms. The third kappa shape index (κ3) is 2.30. The van der Waals surface area contributed by atoms with E-state index in [4.69, 9.17) is 0 Å². The van der Waals surface area contributed by atoms with Gasteiger partial charge in [-0.15, -0.1) is 0 Å². The first kappa shape index (κ1) is 12.9. The van der Waals surface area contributed by atoms with E-state index in [9.17, 15) is 9.18 Å². The number of nitrogens with one attached hydrogen (secondary N) is 2. The van der Waals surface area contributed by atoms with E-state index in [2.05, 4.69) is 25.5 Å². The van der Waals surface area contributed by atoms with Crippen LogP contribution in [0.15, 0.2) is 24.3 Å². The number of halogens is 1. The van der Waals surface area contributed by atoms with Gasteiger partial charge in [-0.05, 0) is 31.0 Å². The Hall–Kier alpha value is -2.83. The van der Waals surface area contributed by atoms with Crippen molar-refractivity contribution >= 4 is 28.8 Å². The molecule has 0 aliphatic heterocycles. The maximum absolute atomic E-state index is 13.5. The van der Waals surface area contributed by atoms with E-state index in [1.165, 1.54) is 31.0 Å². The molecule has 2 heterocycles. The summed E-state index contributed by atoms with van der Waals surface area (Å²) in [6.45, 7) is 0. The van der Waals surface area contributed by atoms with Gasteiger partial charge in [-0.1, -0.05) is 0 Å². The smallest absolute Gasteiger partial charge is 0.195 e. The van der Waals surface area contributed by atoms with E-state index in [0.29, 0.717) is 34.7 Å². The second kappa shape index (κ2) is 4.87. The Kier molecular flexibility index (Phi) is 2.85. The van der Waals surface area contributed by atoms with Crippen LogP contribution in [0.5, 0.6) is 0 Å². The normalized spacial score (nSPS) is 14.2. The van der Waals surface area contributed by atoms with Gasteiger partial charge in [-0.25, -0.2) is 14.4 Å². The van der Waals surface area contributed by atoms with Gasteiger partial charge in [0.1, 0.15) is 11.6 Å². The molecule has 0 spiro atoms. The van der Waals surface area contributed by atoms with Crippen LogP contribution in [0.2, 0.25) is 0 Å². The lowest BCUT2D eigenvalue weighted by Crippen LogP contribution is -2.01. The highest BCUT2D eigenvalue weighted by Crippen LogP contribution is 2.39. The SMILES string of the molecule is O=Cc1nc(Nc2cc(C3CC3)[nH]n2)c2cc(F)ccc2n1. The predicted molar refractivity (Wildman–Crippen MR) is 78.7 cm³/mol. The van der Waals surface area contributed by atoms with Crippen molar-refractivity contribution in [2.24, 2.45) is 0 Å². The van der Waals surface area contributed by atoms with Crippen LogP contribution < -0.4 is 5.32 Å². The molecule has 2 aromatic heterocycles. The lowest BCUT2D eigenvalue weighted by Gasteiger charge is -2.07. The molecule has 0 saturated heterocycles. The fraction of sp³-hybridized carbons (Fsp3) is 0.200. The summed E-state index contributed by atoms with van der Waals surface area (Å²) in [5.41, 5.74) is 1.57. The van der Waals surface area contributed by atoms with Crippen LogP contribution in [-0.4, -0.2) is 26.5 Å². The van der Waals surface area contributed by atoms with Gasteiger partial charge in [0.05, 0.1) is 5.52 Å². The molecule has 3 aromatic rings. The molecule has 0 amide bonds. The summed E-state index contributed by atoms with van der Waals surface area (Å²) in [4.78, 5) is 19.2. The topological polar surface area (TPSA) is 83.6 Å². The van der Waals surface area contributed by atoms with E-state index < -0.39 is 5.82 Å². The minimum atomic E-state index is -0.390. The summed E-state index contributed by atoms with van der Waals surface area (Å²) in [6, 6.07) is 6.06. The monoisotopic (exact) mass is 297 g/mol. The minimum absolute atomic E-state index is 0.0413. The molecule has 0 unspecified atom stereocenters. The average molecular weight is 297 g/mol. The van der Waals surface area contributed by atoms with Crippen molar-refractivity contribution in [3.05, 3.63) is 41.6 Å². The molecule has 7 heteroatoms. The number of H-pyrrole nitrogens is 1. The molecular weight excluding hydrogens is 285 g/mol. The number of rotatable bonds is 4. The van der Waals surface area contributed by atoms with E-state index in [1.54, 1.807) is 0 Å². The van der Waals surface area contributed by atoms with Crippen molar-refractivity contribution in [1.29, 1.82) is 0 Å². The zero-order valence-corrected chi connectivity index (χ0v) is 11.5. The lowest BCUT2D eigenvalue weighted by atomic mass is 10.2. The van der Waals surface area contributed by atoms with Crippen LogP contribution in [0.1, 0.15) is 35.1 Å². The summed E-state index contributed by atoms with van der Waals surface area (Å²) in [6.07, 6.45) is 2.89. The molecule has 110 valence electrons. The maximum Gasteiger partial charge on any atom is 0.195 e. The summed E-state index contributed by atoms with van der Waals surface area (Å²) >= 11 is 0. The van der Waals surface area contributed by atoms with Crippen LogP contribution in [0.4, 0.5) is 16.0 Å². The van der Waals surface area contributed by atoms with Gasteiger partial charge in [0.15, 0.2) is 17.9 Å². The van der Waals surface area contributed by atoms with E-state index in [0.717, 1.165) is 5.69 Å². The predicted octanol–water partition coefficient (Wildman–Crippen LogP) is 2.93. The third-order valence-corrected chi connectivity index (χ3v) is 3.64. The second-order valence-corrected chi connectivity index (χ2v) is 5.32. The molecule has 1 fully saturated rings. The number of aldehydes is 1. The molecule has 0 atom stereocenters. The molecule has 6 nitrogen and oxygen atoms in total. The summed E-state index contributed by atoms with van der Waals surface area (Å²) in [5, 5.41) is 10.7. The molecule has 0 radical (unpaired) electrons. The van der Waals surface area contributed by atoms with Crippen molar-refractivity contribution in [2.75, 3.05) is 5.32 Å². The molecule has 1 saturated carbocycles. The van der Waals surface area contributed by atoms with Gasteiger partial charge in [0.2, 0.25) is 0 Å². The van der Waals surface area contributed by atoms with Crippen molar-refractivity contribution < 1.29 is 9.18 Å². The van der Waals surface area contributed by atoms with Crippen LogP contribution >= 0.6 is 0 Å². The first-order chi connectivity index (χ1) is 10.7.